The molecule has 0 aliphatic carbocycles. The topological polar surface area (TPSA) is 117 Å². The lowest BCUT2D eigenvalue weighted by Crippen LogP contribution is -2.27. The van der Waals surface area contributed by atoms with Crippen molar-refractivity contribution in [1.29, 1.82) is 0 Å². The first-order chi connectivity index (χ1) is 15.3. The van der Waals surface area contributed by atoms with Gasteiger partial charge in [-0.15, -0.1) is 0 Å². The molecule has 2 heterocycles. The zero-order valence-corrected chi connectivity index (χ0v) is 16.8. The molecule has 0 aliphatic rings. The van der Waals surface area contributed by atoms with Crippen LogP contribution in [0.3, 0.4) is 0 Å². The van der Waals surface area contributed by atoms with Gasteiger partial charge in [-0.05, 0) is 42.9 Å². The third-order valence-corrected chi connectivity index (χ3v) is 4.24. The van der Waals surface area contributed by atoms with Crippen molar-refractivity contribution in [3.8, 4) is 28.1 Å². The number of pyridine rings is 1. The van der Waals surface area contributed by atoms with Gasteiger partial charge in [-0.3, -0.25) is 0 Å². The molecule has 32 heavy (non-hydrogen) atoms. The molecule has 0 fully saturated rings. The summed E-state index contributed by atoms with van der Waals surface area (Å²) >= 11 is 0. The van der Waals surface area contributed by atoms with Gasteiger partial charge in [-0.25, -0.2) is 14.8 Å². The van der Waals surface area contributed by atoms with Gasteiger partial charge in [0, 0.05) is 22.7 Å². The summed E-state index contributed by atoms with van der Waals surface area (Å²) in [5.41, 5.74) is 13.3. The van der Waals surface area contributed by atoms with Crippen molar-refractivity contribution in [2.24, 2.45) is 5.73 Å². The Balaban J connectivity index is 0.00000141. The zero-order valence-electron chi connectivity index (χ0n) is 16.8. The lowest BCUT2D eigenvalue weighted by molar-refractivity contribution is -0.189. The van der Waals surface area contributed by atoms with Crippen molar-refractivity contribution < 1.29 is 22.7 Å². The molecule has 0 amide bonds. The summed E-state index contributed by atoms with van der Waals surface area (Å²) in [4.78, 5) is 23.7. The zero-order chi connectivity index (χ0) is 23.3. The highest BCUT2D eigenvalue weighted by Gasteiger charge is 2.41. The Morgan fingerprint density at radius 2 is 1.59 bits per heavy atom. The SMILES string of the molecule is CN.Nc1ncc2cc(-c3ccccc3)c(-c3ccc(OC(=O)C(F)(F)F)cc3)nc2n1. The lowest BCUT2D eigenvalue weighted by atomic mass is 9.98. The van der Waals surface area contributed by atoms with Crippen LogP contribution < -0.4 is 16.2 Å². The number of hydrogen-bond acceptors (Lipinski definition) is 7. The molecule has 0 saturated heterocycles. The van der Waals surface area contributed by atoms with Crippen LogP contribution in [0.4, 0.5) is 19.1 Å². The summed E-state index contributed by atoms with van der Waals surface area (Å²) in [6.45, 7) is 0. The van der Waals surface area contributed by atoms with Crippen LogP contribution in [0.15, 0.2) is 66.9 Å². The molecule has 2 aromatic carbocycles. The van der Waals surface area contributed by atoms with Crippen LogP contribution in [0, 0.1) is 0 Å². The molecule has 2 aromatic heterocycles. The number of nitrogens with two attached hydrogens (primary N) is 2. The van der Waals surface area contributed by atoms with Gasteiger partial charge in [0.1, 0.15) is 5.75 Å². The molecule has 4 rings (SSSR count). The van der Waals surface area contributed by atoms with Crippen molar-refractivity contribution in [3.05, 3.63) is 66.9 Å². The Morgan fingerprint density at radius 3 is 2.22 bits per heavy atom. The number of fused-ring (bicyclic) bond motifs is 1. The average molecular weight is 441 g/mol. The number of nitrogens with zero attached hydrogens (tertiary/aromatic N) is 3. The third-order valence-electron chi connectivity index (χ3n) is 4.24. The summed E-state index contributed by atoms with van der Waals surface area (Å²) in [5.74, 6) is -2.44. The van der Waals surface area contributed by atoms with Gasteiger partial charge < -0.3 is 16.2 Å². The van der Waals surface area contributed by atoms with E-state index in [4.69, 9.17) is 5.73 Å². The van der Waals surface area contributed by atoms with Gasteiger partial charge in [-0.2, -0.15) is 18.2 Å². The second-order valence-corrected chi connectivity index (χ2v) is 6.30. The molecule has 0 unspecified atom stereocenters. The highest BCUT2D eigenvalue weighted by molar-refractivity contribution is 5.90. The predicted octanol–water partition coefficient (Wildman–Crippen LogP) is 3.98. The van der Waals surface area contributed by atoms with E-state index in [0.717, 1.165) is 11.1 Å². The minimum absolute atomic E-state index is 0.0721. The molecule has 0 saturated carbocycles. The molecule has 0 radical (unpaired) electrons. The summed E-state index contributed by atoms with van der Waals surface area (Å²) in [6, 6.07) is 16.9. The number of carbonyl (C=O) groups excluding carboxylic acids is 1. The molecule has 0 bridgehead atoms. The van der Waals surface area contributed by atoms with Crippen molar-refractivity contribution >= 4 is 23.0 Å². The van der Waals surface area contributed by atoms with E-state index in [1.54, 1.807) is 6.20 Å². The standard InChI is InChI=1S/C21H13F3N4O2.CH5N/c22-21(23,24)19(29)30-15-8-6-13(7-9-15)17-16(12-4-2-1-3-5-12)10-14-11-26-20(25)28-18(14)27-17;1-2/h1-11H,(H2,25,26,27,28);2H2,1H3. The van der Waals surface area contributed by atoms with Crippen LogP contribution in [-0.2, 0) is 4.79 Å². The number of esters is 1. The average Bonchev–Trinajstić information content (AvgIpc) is 2.80. The number of aromatic nitrogens is 3. The Labute approximate surface area is 180 Å². The molecule has 0 atom stereocenters. The van der Waals surface area contributed by atoms with Crippen LogP contribution in [0.25, 0.3) is 33.4 Å². The first-order valence-electron chi connectivity index (χ1n) is 9.27. The number of ether oxygens (including phenoxy) is 1. The van der Waals surface area contributed by atoms with Crippen molar-refractivity contribution in [2.75, 3.05) is 12.8 Å². The number of rotatable bonds is 3. The van der Waals surface area contributed by atoms with Crippen molar-refractivity contribution in [2.45, 2.75) is 6.18 Å². The Hall–Kier alpha value is -4.05. The maximum absolute atomic E-state index is 12.4. The maximum atomic E-state index is 12.4. The smallest absolute Gasteiger partial charge is 0.420 e. The van der Waals surface area contributed by atoms with Crippen LogP contribution in [-0.4, -0.2) is 34.1 Å². The van der Waals surface area contributed by atoms with Crippen LogP contribution in [0.2, 0.25) is 0 Å². The third kappa shape index (κ3) is 4.98. The van der Waals surface area contributed by atoms with E-state index in [1.807, 2.05) is 36.4 Å². The molecular formula is C22H18F3N5O2. The molecule has 4 aromatic rings. The molecule has 164 valence electrons. The maximum Gasteiger partial charge on any atom is 0.491 e. The minimum atomic E-state index is -5.07. The van der Waals surface area contributed by atoms with Crippen molar-refractivity contribution in [3.63, 3.8) is 0 Å². The van der Waals surface area contributed by atoms with Gasteiger partial charge in [0.05, 0.1) is 5.69 Å². The highest BCUT2D eigenvalue weighted by Crippen LogP contribution is 2.34. The van der Waals surface area contributed by atoms with Crippen molar-refractivity contribution in [1.82, 2.24) is 15.0 Å². The lowest BCUT2D eigenvalue weighted by Gasteiger charge is -2.12. The molecule has 0 spiro atoms. The van der Waals surface area contributed by atoms with Crippen LogP contribution in [0.5, 0.6) is 5.75 Å². The van der Waals surface area contributed by atoms with Gasteiger partial charge in [0.2, 0.25) is 5.95 Å². The fraction of sp³-hybridized carbons (Fsp3) is 0.0909. The Morgan fingerprint density at radius 1 is 0.938 bits per heavy atom. The summed E-state index contributed by atoms with van der Waals surface area (Å²) in [6.07, 6.45) is -3.50. The van der Waals surface area contributed by atoms with Crippen LogP contribution in [0.1, 0.15) is 0 Å². The summed E-state index contributed by atoms with van der Waals surface area (Å²) < 4.78 is 41.5. The second-order valence-electron chi connectivity index (χ2n) is 6.30. The number of hydrogen-bond donors (Lipinski definition) is 2. The molecule has 7 nitrogen and oxygen atoms in total. The van der Waals surface area contributed by atoms with Gasteiger partial charge in [0.15, 0.2) is 5.65 Å². The Kier molecular flexibility index (Phi) is 6.64. The van der Waals surface area contributed by atoms with Gasteiger partial charge in [-0.1, -0.05) is 30.3 Å². The number of alkyl halides is 3. The number of anilines is 1. The van der Waals surface area contributed by atoms with E-state index < -0.39 is 12.1 Å². The number of nitrogen functional groups attached to an aromatic ring is 1. The highest BCUT2D eigenvalue weighted by atomic mass is 19.4. The van der Waals surface area contributed by atoms with Gasteiger partial charge in [0.25, 0.3) is 0 Å². The fourth-order valence-electron chi connectivity index (χ4n) is 2.88. The van der Waals surface area contributed by atoms with E-state index in [9.17, 15) is 18.0 Å². The molecule has 4 N–H and O–H groups in total. The minimum Gasteiger partial charge on any atom is -0.420 e. The van der Waals surface area contributed by atoms with E-state index in [-0.39, 0.29) is 11.7 Å². The van der Waals surface area contributed by atoms with Gasteiger partial charge >= 0.3 is 12.1 Å². The number of carbonyl (C=O) groups is 1. The monoisotopic (exact) mass is 441 g/mol. The largest absolute Gasteiger partial charge is 0.491 e. The number of benzene rings is 2. The predicted molar refractivity (Wildman–Crippen MR) is 114 cm³/mol. The van der Waals surface area contributed by atoms with E-state index in [2.05, 4.69) is 25.4 Å². The quantitative estimate of drug-likeness (QED) is 0.365. The summed E-state index contributed by atoms with van der Waals surface area (Å²) in [7, 11) is 1.50. The van der Waals surface area contributed by atoms with E-state index in [0.29, 0.717) is 22.3 Å². The van der Waals surface area contributed by atoms with E-state index >= 15 is 0 Å². The number of halogens is 3. The first kappa shape index (κ1) is 22.6. The normalized spacial score (nSPS) is 10.9. The Bertz CT molecular complexity index is 1230. The first-order valence-corrected chi connectivity index (χ1v) is 9.27. The molecule has 10 heteroatoms. The van der Waals surface area contributed by atoms with E-state index in [1.165, 1.54) is 31.3 Å². The fourth-order valence-corrected chi connectivity index (χ4v) is 2.88. The van der Waals surface area contributed by atoms with Crippen LogP contribution >= 0.6 is 0 Å². The summed E-state index contributed by atoms with van der Waals surface area (Å²) in [5, 5.41) is 0.683. The second kappa shape index (κ2) is 9.40. The molecule has 0 aliphatic heterocycles. The molecular weight excluding hydrogens is 423 g/mol.